The summed E-state index contributed by atoms with van der Waals surface area (Å²) in [7, 11) is 1.91. The van der Waals surface area contributed by atoms with Crippen molar-refractivity contribution in [2.45, 2.75) is 6.42 Å². The number of hydrogen-bond donors (Lipinski definition) is 0. The van der Waals surface area contributed by atoms with Gasteiger partial charge in [0.05, 0.1) is 19.8 Å². The van der Waals surface area contributed by atoms with Crippen molar-refractivity contribution in [3.63, 3.8) is 0 Å². The molecule has 0 atom stereocenters. The first kappa shape index (κ1) is 11.5. The lowest BCUT2D eigenvalue weighted by molar-refractivity contribution is -0.136. The molecule has 1 heterocycles. The topological polar surface area (TPSA) is 32.8 Å². The molecular formula is C10H18N2O2. The van der Waals surface area contributed by atoms with Gasteiger partial charge in [0, 0.05) is 13.1 Å². The van der Waals surface area contributed by atoms with Crippen molar-refractivity contribution >= 4 is 5.91 Å². The molecule has 0 aromatic carbocycles. The minimum Gasteiger partial charge on any atom is -0.378 e. The van der Waals surface area contributed by atoms with Gasteiger partial charge in [-0.2, -0.15) is 0 Å². The molecule has 1 aliphatic rings. The molecule has 4 nitrogen and oxygen atoms in total. The Morgan fingerprint density at radius 1 is 1.50 bits per heavy atom. The van der Waals surface area contributed by atoms with Gasteiger partial charge in [0.25, 0.3) is 0 Å². The van der Waals surface area contributed by atoms with E-state index in [0.29, 0.717) is 26.2 Å². The second-order valence-electron chi connectivity index (χ2n) is 3.52. The maximum absolute atomic E-state index is 11.7. The molecule has 80 valence electrons. The second-order valence-corrected chi connectivity index (χ2v) is 3.52. The van der Waals surface area contributed by atoms with E-state index in [1.165, 1.54) is 0 Å². The zero-order valence-electron chi connectivity index (χ0n) is 8.74. The number of likely N-dealkylation sites (N-methyl/N-ethyl adjacent to an activating group) is 1. The standard InChI is InChI=1S/C10H18N2O2/c1-3-4-11(2)9-10(13)12-5-7-14-8-6-12/h1H,3-9H2,2H3. The van der Waals surface area contributed by atoms with Crippen LogP contribution < -0.4 is 0 Å². The number of carbonyl (C=O) groups is 1. The Hall–Kier alpha value is -0.610. The number of rotatable bonds is 4. The Labute approximate surface area is 85.8 Å². The molecule has 14 heavy (non-hydrogen) atoms. The van der Waals surface area contributed by atoms with Crippen molar-refractivity contribution in [2.24, 2.45) is 0 Å². The van der Waals surface area contributed by atoms with Crippen LogP contribution in [0, 0.1) is 6.92 Å². The van der Waals surface area contributed by atoms with Gasteiger partial charge in [-0.1, -0.05) is 0 Å². The molecule has 0 aromatic heterocycles. The monoisotopic (exact) mass is 198 g/mol. The third-order valence-corrected chi connectivity index (χ3v) is 2.28. The van der Waals surface area contributed by atoms with Gasteiger partial charge in [-0.3, -0.25) is 9.69 Å². The summed E-state index contributed by atoms with van der Waals surface area (Å²) in [5.41, 5.74) is 0. The molecule has 0 unspecified atom stereocenters. The van der Waals surface area contributed by atoms with Crippen LogP contribution >= 0.6 is 0 Å². The molecule has 0 saturated carbocycles. The number of ether oxygens (including phenoxy) is 1. The lowest BCUT2D eigenvalue weighted by Crippen LogP contribution is -2.45. The highest BCUT2D eigenvalue weighted by Crippen LogP contribution is 1.98. The number of morpholine rings is 1. The first-order valence-electron chi connectivity index (χ1n) is 4.98. The third kappa shape index (κ3) is 3.64. The summed E-state index contributed by atoms with van der Waals surface area (Å²) in [4.78, 5) is 15.5. The average Bonchev–Trinajstić information content (AvgIpc) is 2.19. The van der Waals surface area contributed by atoms with Crippen LogP contribution in [0.3, 0.4) is 0 Å². The number of nitrogens with zero attached hydrogens (tertiary/aromatic N) is 2. The molecule has 0 spiro atoms. The van der Waals surface area contributed by atoms with E-state index in [2.05, 4.69) is 0 Å². The second kappa shape index (κ2) is 5.98. The molecule has 1 aliphatic heterocycles. The van der Waals surface area contributed by atoms with Gasteiger partial charge in [0.15, 0.2) is 0 Å². The molecule has 0 aliphatic carbocycles. The van der Waals surface area contributed by atoms with Crippen molar-refractivity contribution in [3.8, 4) is 0 Å². The zero-order chi connectivity index (χ0) is 10.4. The van der Waals surface area contributed by atoms with Crippen LogP contribution in [0.2, 0.25) is 0 Å². The Balaban J connectivity index is 2.25. The Morgan fingerprint density at radius 3 is 2.71 bits per heavy atom. The number of carbonyl (C=O) groups excluding carboxylic acids is 1. The summed E-state index contributed by atoms with van der Waals surface area (Å²) in [6, 6.07) is 0. The van der Waals surface area contributed by atoms with Crippen LogP contribution in [0.1, 0.15) is 6.42 Å². The number of amides is 1. The molecule has 1 fully saturated rings. The molecule has 1 rings (SSSR count). The van der Waals surface area contributed by atoms with E-state index in [0.717, 1.165) is 19.6 Å². The molecule has 0 aromatic rings. The Bertz CT molecular complexity index is 179. The fraction of sp³-hybridized carbons (Fsp3) is 0.800. The van der Waals surface area contributed by atoms with Gasteiger partial charge in [0.2, 0.25) is 5.91 Å². The predicted molar refractivity (Wildman–Crippen MR) is 53.8 cm³/mol. The highest BCUT2D eigenvalue weighted by molar-refractivity contribution is 5.78. The Kier molecular flexibility index (Phi) is 4.90. The summed E-state index contributed by atoms with van der Waals surface area (Å²) in [5, 5.41) is 0. The van der Waals surface area contributed by atoms with Crippen molar-refractivity contribution in [2.75, 3.05) is 46.4 Å². The molecule has 2 radical (unpaired) electrons. The highest BCUT2D eigenvalue weighted by Gasteiger charge is 2.17. The lowest BCUT2D eigenvalue weighted by Gasteiger charge is -2.28. The molecule has 1 amide bonds. The van der Waals surface area contributed by atoms with Crippen LogP contribution in [0.15, 0.2) is 0 Å². The largest absolute Gasteiger partial charge is 0.378 e. The maximum Gasteiger partial charge on any atom is 0.236 e. The minimum absolute atomic E-state index is 0.171. The van der Waals surface area contributed by atoms with E-state index in [4.69, 9.17) is 11.7 Å². The van der Waals surface area contributed by atoms with E-state index in [1.807, 2.05) is 16.8 Å². The average molecular weight is 198 g/mol. The predicted octanol–water partition coefficient (Wildman–Crippen LogP) is -0.122. The summed E-state index contributed by atoms with van der Waals surface area (Å²) >= 11 is 0. The maximum atomic E-state index is 11.7. The third-order valence-electron chi connectivity index (χ3n) is 2.28. The first-order valence-corrected chi connectivity index (χ1v) is 4.98. The fourth-order valence-corrected chi connectivity index (χ4v) is 1.44. The molecular weight excluding hydrogens is 180 g/mol. The SMILES string of the molecule is [CH]CCN(C)CC(=O)N1CCOCC1. The van der Waals surface area contributed by atoms with Gasteiger partial charge in [-0.15, -0.1) is 0 Å². The van der Waals surface area contributed by atoms with Gasteiger partial charge < -0.3 is 9.64 Å². The van der Waals surface area contributed by atoms with Crippen molar-refractivity contribution in [1.29, 1.82) is 0 Å². The summed E-state index contributed by atoms with van der Waals surface area (Å²) in [6.45, 7) is 9.37. The quantitative estimate of drug-likeness (QED) is 0.631. The minimum atomic E-state index is 0.171. The summed E-state index contributed by atoms with van der Waals surface area (Å²) < 4.78 is 5.17. The van der Waals surface area contributed by atoms with Gasteiger partial charge in [-0.05, 0) is 26.9 Å². The molecule has 0 bridgehead atoms. The summed E-state index contributed by atoms with van der Waals surface area (Å²) in [5.74, 6) is 0.171. The Morgan fingerprint density at radius 2 is 2.14 bits per heavy atom. The molecule has 0 N–H and O–H groups in total. The molecule has 1 saturated heterocycles. The van der Waals surface area contributed by atoms with Crippen molar-refractivity contribution in [1.82, 2.24) is 9.80 Å². The van der Waals surface area contributed by atoms with Crippen LogP contribution in [0.25, 0.3) is 0 Å². The van der Waals surface area contributed by atoms with Crippen LogP contribution in [0.4, 0.5) is 0 Å². The summed E-state index contributed by atoms with van der Waals surface area (Å²) in [6.07, 6.45) is 0.590. The smallest absolute Gasteiger partial charge is 0.236 e. The van der Waals surface area contributed by atoms with Gasteiger partial charge in [-0.25, -0.2) is 0 Å². The van der Waals surface area contributed by atoms with Crippen molar-refractivity contribution < 1.29 is 9.53 Å². The molecule has 4 heteroatoms. The van der Waals surface area contributed by atoms with E-state index in [9.17, 15) is 4.79 Å². The first-order chi connectivity index (χ1) is 6.74. The normalized spacial score (nSPS) is 17.5. The van der Waals surface area contributed by atoms with Gasteiger partial charge in [0.1, 0.15) is 0 Å². The van der Waals surface area contributed by atoms with E-state index in [-0.39, 0.29) is 5.91 Å². The zero-order valence-corrected chi connectivity index (χ0v) is 8.74. The highest BCUT2D eigenvalue weighted by atomic mass is 16.5. The van der Waals surface area contributed by atoms with E-state index >= 15 is 0 Å². The van der Waals surface area contributed by atoms with Crippen LogP contribution in [0.5, 0.6) is 0 Å². The van der Waals surface area contributed by atoms with Crippen LogP contribution in [-0.4, -0.2) is 62.1 Å². The van der Waals surface area contributed by atoms with E-state index in [1.54, 1.807) is 0 Å². The van der Waals surface area contributed by atoms with Crippen molar-refractivity contribution in [3.05, 3.63) is 6.92 Å². The lowest BCUT2D eigenvalue weighted by atomic mass is 10.3. The van der Waals surface area contributed by atoms with Crippen LogP contribution in [-0.2, 0) is 9.53 Å². The van der Waals surface area contributed by atoms with E-state index < -0.39 is 0 Å². The fourth-order valence-electron chi connectivity index (χ4n) is 1.44. The van der Waals surface area contributed by atoms with Gasteiger partial charge >= 0.3 is 0 Å². The number of hydrogen-bond acceptors (Lipinski definition) is 3.